The summed E-state index contributed by atoms with van der Waals surface area (Å²) in [5, 5.41) is 42.8. The van der Waals surface area contributed by atoms with Crippen LogP contribution >= 0.6 is 0 Å². The number of Topliss-reactive ketones (excluding diaryl/α,β-unsaturated/α-hetero) is 1. The van der Waals surface area contributed by atoms with Gasteiger partial charge >= 0.3 is 5.97 Å². The van der Waals surface area contributed by atoms with Crippen LogP contribution in [0.2, 0.25) is 0 Å². The molecular weight excluding hydrogens is 686 g/mol. The second kappa shape index (κ2) is 19.9. The Hall–Kier alpha value is -2.50. The SMILES string of the molecule is CC[C@H]1OC(=O)[C@H](C)C(=O)[C@H](C)[C@@H](O[C@@H]2O[C@H](C)C[C@H](N(C)C)[C@H]2O)[C@](C)(OC)C[C@@H](C)/C(=N\OCCNCCCn2ccnc2)[C@H](C)[C@@H](O)[C@]1(C)O. The number of carbonyl (C=O) groups is 2. The Morgan fingerprint density at radius 1 is 1.11 bits per heavy atom. The van der Waals surface area contributed by atoms with Gasteiger partial charge in [0.15, 0.2) is 12.1 Å². The van der Waals surface area contributed by atoms with E-state index in [4.69, 9.17) is 23.8 Å². The Balaban J connectivity index is 1.98. The number of likely N-dealkylation sites (N-methyl/N-ethyl adjacent to an activating group) is 1. The van der Waals surface area contributed by atoms with E-state index in [9.17, 15) is 24.9 Å². The molecule has 0 amide bonds. The number of hydrogen-bond donors (Lipinski definition) is 4. The van der Waals surface area contributed by atoms with Crippen LogP contribution in [-0.4, -0.2) is 142 Å². The quantitative estimate of drug-likeness (QED) is 0.0997. The number of imidazole rings is 1. The summed E-state index contributed by atoms with van der Waals surface area (Å²) >= 11 is 0. The van der Waals surface area contributed by atoms with Gasteiger partial charge < -0.3 is 53.9 Å². The van der Waals surface area contributed by atoms with Gasteiger partial charge in [0, 0.05) is 56.4 Å². The summed E-state index contributed by atoms with van der Waals surface area (Å²) in [6.45, 7) is 16.0. The van der Waals surface area contributed by atoms with Gasteiger partial charge in [0.2, 0.25) is 0 Å². The van der Waals surface area contributed by atoms with Crippen molar-refractivity contribution in [3.8, 4) is 0 Å². The van der Waals surface area contributed by atoms with Crippen LogP contribution in [0.15, 0.2) is 23.9 Å². The van der Waals surface area contributed by atoms with E-state index in [0.717, 1.165) is 19.5 Å². The smallest absolute Gasteiger partial charge is 0.316 e. The number of cyclic esters (lactones) is 1. The average molecular weight is 754 g/mol. The molecule has 2 saturated heterocycles. The van der Waals surface area contributed by atoms with E-state index in [-0.39, 0.29) is 31.6 Å². The van der Waals surface area contributed by atoms with Crippen molar-refractivity contribution in [1.29, 1.82) is 0 Å². The fourth-order valence-corrected chi connectivity index (χ4v) is 7.78. The van der Waals surface area contributed by atoms with Crippen LogP contribution in [0.25, 0.3) is 0 Å². The van der Waals surface area contributed by atoms with Crippen molar-refractivity contribution < 1.29 is 48.7 Å². The first-order valence-corrected chi connectivity index (χ1v) is 19.1. The average Bonchev–Trinajstić information content (AvgIpc) is 3.64. The largest absolute Gasteiger partial charge is 0.459 e. The van der Waals surface area contributed by atoms with Gasteiger partial charge in [0.25, 0.3) is 0 Å². The zero-order valence-corrected chi connectivity index (χ0v) is 33.7. The normalized spacial score (nSPS) is 38.8. The van der Waals surface area contributed by atoms with Gasteiger partial charge in [-0.2, -0.15) is 0 Å². The molecule has 0 spiro atoms. The van der Waals surface area contributed by atoms with Crippen molar-refractivity contribution in [3.05, 3.63) is 18.7 Å². The molecule has 2 aliphatic rings. The van der Waals surface area contributed by atoms with Crippen molar-refractivity contribution in [2.24, 2.45) is 28.8 Å². The lowest BCUT2D eigenvalue weighted by atomic mass is 9.74. The molecule has 304 valence electrons. The van der Waals surface area contributed by atoms with E-state index in [1.165, 1.54) is 21.0 Å². The van der Waals surface area contributed by atoms with Gasteiger partial charge in [0.1, 0.15) is 30.3 Å². The van der Waals surface area contributed by atoms with Gasteiger partial charge in [-0.15, -0.1) is 0 Å². The molecule has 4 N–H and O–H groups in total. The highest BCUT2D eigenvalue weighted by molar-refractivity contribution is 6.00. The molecule has 15 nitrogen and oxygen atoms in total. The monoisotopic (exact) mass is 753 g/mol. The Morgan fingerprint density at radius 2 is 1.81 bits per heavy atom. The van der Waals surface area contributed by atoms with Crippen molar-refractivity contribution in [3.63, 3.8) is 0 Å². The highest BCUT2D eigenvalue weighted by atomic mass is 16.7. The third-order valence-electron chi connectivity index (χ3n) is 11.2. The van der Waals surface area contributed by atoms with E-state index >= 15 is 0 Å². The highest BCUT2D eigenvalue weighted by Crippen LogP contribution is 2.38. The Kier molecular flexibility index (Phi) is 16.9. The zero-order valence-electron chi connectivity index (χ0n) is 33.7. The standard InChI is InChI=1S/C38H67N5O10/c1-12-29-38(8,48)33(46)25(4)30(41-50-19-16-39-14-13-17-43-18-15-40-22-43)23(2)21-37(7,49-11)34(26(5)31(44)27(6)35(47)52-29)53-36-32(45)28(42(9)10)20-24(3)51-36/h15,18,22-29,32-34,36,39,45-46,48H,12-14,16-17,19-21H2,1-11H3/b41-30+/t23-,24-,25+,26+,27-,28+,29-,32-,33-,34-,36+,37-,38-/m1/s1. The molecule has 15 heteroatoms. The topological polar surface area (TPSA) is 186 Å². The maximum Gasteiger partial charge on any atom is 0.316 e. The number of ketones is 1. The lowest BCUT2D eigenvalue weighted by Crippen LogP contribution is -2.60. The number of esters is 1. The van der Waals surface area contributed by atoms with Crippen LogP contribution in [0.3, 0.4) is 0 Å². The third kappa shape index (κ3) is 11.3. The predicted molar refractivity (Wildman–Crippen MR) is 199 cm³/mol. The van der Waals surface area contributed by atoms with E-state index in [0.29, 0.717) is 18.7 Å². The van der Waals surface area contributed by atoms with Crippen molar-refractivity contribution in [2.45, 2.75) is 142 Å². The number of carbonyl (C=O) groups excluding carboxylic acids is 2. The van der Waals surface area contributed by atoms with Crippen LogP contribution in [0, 0.1) is 23.7 Å². The number of oxime groups is 1. The van der Waals surface area contributed by atoms with Crippen LogP contribution in [0.4, 0.5) is 0 Å². The van der Waals surface area contributed by atoms with Gasteiger partial charge in [-0.1, -0.05) is 32.9 Å². The summed E-state index contributed by atoms with van der Waals surface area (Å²) in [5.74, 6) is -4.65. The molecule has 0 radical (unpaired) electrons. The number of nitrogens with zero attached hydrogens (tertiary/aromatic N) is 4. The van der Waals surface area contributed by atoms with Crippen LogP contribution in [-0.2, 0) is 39.9 Å². The van der Waals surface area contributed by atoms with E-state index < -0.39 is 77.3 Å². The molecule has 53 heavy (non-hydrogen) atoms. The first-order valence-electron chi connectivity index (χ1n) is 19.1. The molecule has 1 aromatic heterocycles. The number of aliphatic hydroxyl groups excluding tert-OH is 2. The zero-order chi connectivity index (χ0) is 39.7. The second-order valence-electron chi connectivity index (χ2n) is 15.7. The summed E-state index contributed by atoms with van der Waals surface area (Å²) in [6, 6.07) is -0.266. The Morgan fingerprint density at radius 3 is 2.42 bits per heavy atom. The van der Waals surface area contributed by atoms with Crippen LogP contribution in [0.5, 0.6) is 0 Å². The Labute approximate surface area is 315 Å². The Bertz CT molecular complexity index is 1310. The fraction of sp³-hybridized carbons (Fsp3) is 0.842. The molecule has 2 aliphatic heterocycles. The molecule has 0 bridgehead atoms. The minimum Gasteiger partial charge on any atom is -0.459 e. The molecule has 1 aromatic rings. The number of rotatable bonds is 13. The summed E-state index contributed by atoms with van der Waals surface area (Å²) in [4.78, 5) is 39.5. The second-order valence-corrected chi connectivity index (χ2v) is 15.7. The first-order chi connectivity index (χ1) is 24.9. The summed E-state index contributed by atoms with van der Waals surface area (Å²) in [5.41, 5.74) is -2.67. The fourth-order valence-electron chi connectivity index (χ4n) is 7.78. The third-order valence-corrected chi connectivity index (χ3v) is 11.2. The number of nitrogens with one attached hydrogen (secondary N) is 1. The van der Waals surface area contributed by atoms with Gasteiger partial charge in [-0.25, -0.2) is 4.98 Å². The summed E-state index contributed by atoms with van der Waals surface area (Å²) in [6.07, 6.45) is 1.39. The molecule has 2 fully saturated rings. The molecule has 0 saturated carbocycles. The molecule has 0 aliphatic carbocycles. The summed E-state index contributed by atoms with van der Waals surface area (Å²) in [7, 11) is 5.28. The van der Waals surface area contributed by atoms with Crippen molar-refractivity contribution in [2.75, 3.05) is 40.9 Å². The van der Waals surface area contributed by atoms with Crippen LogP contribution in [0.1, 0.15) is 81.1 Å². The van der Waals surface area contributed by atoms with Crippen LogP contribution < -0.4 is 5.32 Å². The number of aliphatic hydroxyl groups is 3. The first kappa shape index (κ1) is 44.9. The number of methoxy groups -OCH3 is 1. The number of ether oxygens (including phenoxy) is 4. The minimum absolute atomic E-state index is 0.180. The maximum atomic E-state index is 14.1. The molecule has 0 aromatic carbocycles. The van der Waals surface area contributed by atoms with E-state index in [2.05, 4.69) is 15.5 Å². The van der Waals surface area contributed by atoms with E-state index in [1.54, 1.807) is 33.3 Å². The van der Waals surface area contributed by atoms with Gasteiger partial charge in [0.05, 0.1) is 36.0 Å². The maximum absolute atomic E-state index is 14.1. The van der Waals surface area contributed by atoms with Gasteiger partial charge in [-0.3, -0.25) is 9.59 Å². The van der Waals surface area contributed by atoms with Crippen molar-refractivity contribution >= 4 is 17.5 Å². The lowest BCUT2D eigenvalue weighted by molar-refractivity contribution is -0.295. The molecule has 13 atom stereocenters. The molecule has 3 heterocycles. The van der Waals surface area contributed by atoms with E-state index in [1.807, 2.05) is 50.5 Å². The lowest BCUT2D eigenvalue weighted by Gasteiger charge is -2.47. The minimum atomic E-state index is -1.90. The number of hydrogen-bond acceptors (Lipinski definition) is 14. The molecule has 0 unspecified atom stereocenters. The highest BCUT2D eigenvalue weighted by Gasteiger charge is 2.51. The van der Waals surface area contributed by atoms with Crippen molar-refractivity contribution in [1.82, 2.24) is 19.8 Å². The number of aryl methyl sites for hydroxylation is 1. The molecular formula is C38H67N5O10. The summed E-state index contributed by atoms with van der Waals surface area (Å²) < 4.78 is 26.8. The predicted octanol–water partition coefficient (Wildman–Crippen LogP) is 2.40. The van der Waals surface area contributed by atoms with Gasteiger partial charge in [-0.05, 0) is 74.0 Å². The number of aromatic nitrogens is 2. The molecule has 3 rings (SSSR count).